The van der Waals surface area contributed by atoms with Crippen LogP contribution in [0.4, 0.5) is 0 Å². The van der Waals surface area contributed by atoms with E-state index >= 15 is 0 Å². The zero-order chi connectivity index (χ0) is 9.28. The normalized spacial score (nSPS) is 21.0. The molecule has 2 atom stereocenters. The van der Waals surface area contributed by atoms with E-state index in [1.807, 2.05) is 27.7 Å². The standard InChI is InChI=1S/C9H21NO/c1-7-8(2)10(6,11)9(3,4)5/h8H,7H2,1-6H3. The fraction of sp³-hybridized carbons (Fsp3) is 1.00. The zero-order valence-corrected chi connectivity index (χ0v) is 8.64. The molecule has 0 N–H and O–H groups in total. The van der Waals surface area contributed by atoms with Gasteiger partial charge in [0.1, 0.15) is 0 Å². The molecular weight excluding hydrogens is 138 g/mol. The van der Waals surface area contributed by atoms with Gasteiger partial charge >= 0.3 is 0 Å². The molecule has 0 aliphatic heterocycles. The van der Waals surface area contributed by atoms with Crippen LogP contribution in [0.1, 0.15) is 41.0 Å². The number of hydrogen-bond acceptors (Lipinski definition) is 1. The van der Waals surface area contributed by atoms with Gasteiger partial charge in [0.2, 0.25) is 0 Å². The van der Waals surface area contributed by atoms with Crippen molar-refractivity contribution in [3.05, 3.63) is 5.21 Å². The lowest BCUT2D eigenvalue weighted by Gasteiger charge is -2.53. The molecule has 0 rings (SSSR count). The highest BCUT2D eigenvalue weighted by atomic mass is 16.5. The van der Waals surface area contributed by atoms with Crippen molar-refractivity contribution in [3.63, 3.8) is 0 Å². The van der Waals surface area contributed by atoms with Crippen molar-refractivity contribution in [1.82, 2.24) is 0 Å². The minimum absolute atomic E-state index is 0.149. The van der Waals surface area contributed by atoms with E-state index in [1.165, 1.54) is 0 Å². The first kappa shape index (κ1) is 10.9. The maximum absolute atomic E-state index is 12.0. The largest absolute Gasteiger partial charge is 0.632 e. The van der Waals surface area contributed by atoms with E-state index in [-0.39, 0.29) is 16.2 Å². The summed E-state index contributed by atoms with van der Waals surface area (Å²) in [6, 6.07) is 0.190. The van der Waals surface area contributed by atoms with Gasteiger partial charge in [-0.2, -0.15) is 0 Å². The molecule has 0 amide bonds. The Bertz CT molecular complexity index is 124. The van der Waals surface area contributed by atoms with Crippen molar-refractivity contribution >= 4 is 0 Å². The monoisotopic (exact) mass is 159 g/mol. The van der Waals surface area contributed by atoms with Gasteiger partial charge < -0.3 is 9.85 Å². The summed E-state index contributed by atoms with van der Waals surface area (Å²) in [5.41, 5.74) is -0.199. The van der Waals surface area contributed by atoms with Crippen LogP contribution < -0.4 is 0 Å². The van der Waals surface area contributed by atoms with Crippen LogP contribution in [0, 0.1) is 5.21 Å². The van der Waals surface area contributed by atoms with Crippen LogP contribution in [-0.2, 0) is 0 Å². The summed E-state index contributed by atoms with van der Waals surface area (Å²) < 4.78 is -0.149. The molecule has 0 saturated heterocycles. The number of quaternary nitrogens is 1. The fourth-order valence-electron chi connectivity index (χ4n) is 1.01. The first-order valence-electron chi connectivity index (χ1n) is 4.30. The molecule has 0 aromatic heterocycles. The first-order valence-corrected chi connectivity index (χ1v) is 4.30. The summed E-state index contributed by atoms with van der Waals surface area (Å²) >= 11 is 0. The van der Waals surface area contributed by atoms with Crippen molar-refractivity contribution in [1.29, 1.82) is 0 Å². The van der Waals surface area contributed by atoms with Crippen molar-refractivity contribution in [3.8, 4) is 0 Å². The SMILES string of the molecule is CCC(C)[N+](C)([O-])C(C)(C)C. The van der Waals surface area contributed by atoms with Crippen LogP contribution in [0.5, 0.6) is 0 Å². The predicted molar refractivity (Wildman–Crippen MR) is 49.1 cm³/mol. The van der Waals surface area contributed by atoms with Crippen molar-refractivity contribution in [2.45, 2.75) is 52.6 Å². The third-order valence-corrected chi connectivity index (χ3v) is 2.76. The molecule has 11 heavy (non-hydrogen) atoms. The molecule has 0 aromatic carbocycles. The van der Waals surface area contributed by atoms with Gasteiger partial charge in [0.25, 0.3) is 0 Å². The number of rotatable bonds is 2. The lowest BCUT2D eigenvalue weighted by molar-refractivity contribution is -0.929. The summed E-state index contributed by atoms with van der Waals surface area (Å²) in [4.78, 5) is 0. The van der Waals surface area contributed by atoms with Crippen molar-refractivity contribution < 1.29 is 4.65 Å². The van der Waals surface area contributed by atoms with Gasteiger partial charge in [-0.05, 0) is 34.1 Å². The summed E-state index contributed by atoms with van der Waals surface area (Å²) in [5, 5.41) is 12.0. The van der Waals surface area contributed by atoms with Gasteiger partial charge in [0.05, 0.1) is 18.6 Å². The molecule has 0 bridgehead atoms. The highest BCUT2D eigenvalue weighted by Crippen LogP contribution is 2.25. The van der Waals surface area contributed by atoms with Gasteiger partial charge in [-0.3, -0.25) is 0 Å². The Labute approximate surface area is 70.4 Å². The Hall–Kier alpha value is -0.0800. The summed E-state index contributed by atoms with van der Waals surface area (Å²) in [6.45, 7) is 10.0. The molecule has 2 heteroatoms. The molecule has 2 nitrogen and oxygen atoms in total. The van der Waals surface area contributed by atoms with E-state index in [0.29, 0.717) is 0 Å². The molecule has 0 saturated carbocycles. The molecule has 0 spiro atoms. The van der Waals surface area contributed by atoms with Gasteiger partial charge in [0, 0.05) is 0 Å². The third kappa shape index (κ3) is 2.17. The molecule has 0 aromatic rings. The quantitative estimate of drug-likeness (QED) is 0.448. The molecule has 68 valence electrons. The smallest absolute Gasteiger partial charge is 0.0904 e. The number of hydroxylamine groups is 3. The topological polar surface area (TPSA) is 23.1 Å². The van der Waals surface area contributed by atoms with E-state index < -0.39 is 0 Å². The Morgan fingerprint density at radius 2 is 1.73 bits per heavy atom. The Balaban J connectivity index is 4.45. The molecule has 0 radical (unpaired) electrons. The van der Waals surface area contributed by atoms with Gasteiger partial charge in [-0.15, -0.1) is 0 Å². The predicted octanol–water partition coefficient (Wildman–Crippen LogP) is 2.53. The Kier molecular flexibility index (Phi) is 3.09. The average Bonchev–Trinajstić information content (AvgIpc) is 1.83. The summed E-state index contributed by atoms with van der Waals surface area (Å²) in [5.74, 6) is 0. The molecule has 0 heterocycles. The maximum atomic E-state index is 12.0. The zero-order valence-electron chi connectivity index (χ0n) is 8.64. The summed E-state index contributed by atoms with van der Waals surface area (Å²) in [7, 11) is 1.76. The van der Waals surface area contributed by atoms with Crippen molar-refractivity contribution in [2.75, 3.05) is 7.05 Å². The van der Waals surface area contributed by atoms with E-state index in [9.17, 15) is 5.21 Å². The Morgan fingerprint density at radius 1 is 1.36 bits per heavy atom. The second-order valence-electron chi connectivity index (χ2n) is 4.42. The van der Waals surface area contributed by atoms with Crippen LogP contribution in [0.25, 0.3) is 0 Å². The first-order chi connectivity index (χ1) is 4.73. The minimum atomic E-state index is -0.199. The molecule has 0 aliphatic carbocycles. The lowest BCUT2D eigenvalue weighted by Crippen LogP contribution is -2.57. The second-order valence-corrected chi connectivity index (χ2v) is 4.42. The van der Waals surface area contributed by atoms with E-state index in [0.717, 1.165) is 6.42 Å². The van der Waals surface area contributed by atoms with E-state index in [2.05, 4.69) is 6.92 Å². The molecule has 2 unspecified atom stereocenters. The van der Waals surface area contributed by atoms with Gasteiger partial charge in [0.15, 0.2) is 0 Å². The van der Waals surface area contributed by atoms with Crippen LogP contribution in [0.15, 0.2) is 0 Å². The minimum Gasteiger partial charge on any atom is -0.632 e. The molecule has 0 fully saturated rings. The molecular formula is C9H21NO. The van der Waals surface area contributed by atoms with E-state index in [4.69, 9.17) is 0 Å². The highest BCUT2D eigenvalue weighted by molar-refractivity contribution is 4.66. The van der Waals surface area contributed by atoms with Gasteiger partial charge in [-0.25, -0.2) is 0 Å². The van der Waals surface area contributed by atoms with Crippen molar-refractivity contribution in [2.24, 2.45) is 0 Å². The van der Waals surface area contributed by atoms with Crippen LogP contribution in [0.2, 0.25) is 0 Å². The summed E-state index contributed by atoms with van der Waals surface area (Å²) in [6.07, 6.45) is 0.942. The third-order valence-electron chi connectivity index (χ3n) is 2.76. The fourth-order valence-corrected chi connectivity index (χ4v) is 1.01. The maximum Gasteiger partial charge on any atom is 0.0904 e. The average molecular weight is 159 g/mol. The number of hydrogen-bond donors (Lipinski definition) is 0. The second kappa shape index (κ2) is 3.11. The van der Waals surface area contributed by atoms with Crippen LogP contribution in [0.3, 0.4) is 0 Å². The number of nitrogens with zero attached hydrogens (tertiary/aromatic N) is 1. The highest BCUT2D eigenvalue weighted by Gasteiger charge is 2.31. The van der Waals surface area contributed by atoms with Crippen LogP contribution >= 0.6 is 0 Å². The van der Waals surface area contributed by atoms with E-state index in [1.54, 1.807) is 7.05 Å². The van der Waals surface area contributed by atoms with Crippen LogP contribution in [-0.4, -0.2) is 23.3 Å². The lowest BCUT2D eigenvalue weighted by atomic mass is 10.0. The molecule has 0 aliphatic rings. The Morgan fingerprint density at radius 3 is 1.82 bits per heavy atom. The van der Waals surface area contributed by atoms with Gasteiger partial charge in [-0.1, -0.05) is 6.92 Å².